The van der Waals surface area contributed by atoms with Gasteiger partial charge in [-0.2, -0.15) is 0 Å². The molecule has 33 heavy (non-hydrogen) atoms. The van der Waals surface area contributed by atoms with E-state index in [2.05, 4.69) is 14.9 Å². The summed E-state index contributed by atoms with van der Waals surface area (Å²) in [6, 6.07) is 13.8. The first kappa shape index (κ1) is 21.4. The number of hydrogen-bond acceptors (Lipinski definition) is 8. The Kier molecular flexibility index (Phi) is 5.95. The Morgan fingerprint density at radius 2 is 1.91 bits per heavy atom. The fraction of sp³-hybridized carbons (Fsp3) is 0.292. The van der Waals surface area contributed by atoms with Crippen LogP contribution in [-0.4, -0.2) is 54.1 Å². The van der Waals surface area contributed by atoms with E-state index in [9.17, 15) is 4.79 Å². The summed E-state index contributed by atoms with van der Waals surface area (Å²) in [7, 11) is 1.67. The summed E-state index contributed by atoms with van der Waals surface area (Å²) >= 11 is 1.39. The first-order valence-corrected chi connectivity index (χ1v) is 11.7. The maximum absolute atomic E-state index is 12.9. The predicted molar refractivity (Wildman–Crippen MR) is 126 cm³/mol. The lowest BCUT2D eigenvalue weighted by atomic mass is 10.2. The standard InChI is InChI=1S/C24H24N4O4S/c1-16-6-5-9-20-22(16)26-24(32-20)33-15-21-25-17(14-31-21)23(29)28-12-10-27(11-13-28)18-7-3-4-8-19(18)30-2/h3-9,14H,10-13,15H2,1-2H3. The lowest BCUT2D eigenvalue weighted by Crippen LogP contribution is -2.49. The highest BCUT2D eigenvalue weighted by Gasteiger charge is 2.25. The minimum atomic E-state index is -0.118. The van der Waals surface area contributed by atoms with Gasteiger partial charge >= 0.3 is 0 Å². The third kappa shape index (κ3) is 4.41. The SMILES string of the molecule is COc1ccccc1N1CCN(C(=O)c2coc(CSc3nc4c(C)cccc4o3)n2)CC1. The predicted octanol–water partition coefficient (Wildman–Crippen LogP) is 4.39. The van der Waals surface area contributed by atoms with Crippen molar-refractivity contribution < 1.29 is 18.4 Å². The van der Waals surface area contributed by atoms with Crippen LogP contribution in [0.1, 0.15) is 21.9 Å². The van der Waals surface area contributed by atoms with Crippen molar-refractivity contribution in [2.75, 3.05) is 38.2 Å². The summed E-state index contributed by atoms with van der Waals surface area (Å²) in [5.41, 5.74) is 4.05. The Morgan fingerprint density at radius 3 is 2.70 bits per heavy atom. The van der Waals surface area contributed by atoms with Crippen molar-refractivity contribution in [1.82, 2.24) is 14.9 Å². The fourth-order valence-corrected chi connectivity index (χ4v) is 4.61. The second-order valence-corrected chi connectivity index (χ2v) is 8.69. The quantitative estimate of drug-likeness (QED) is 0.389. The Balaban J connectivity index is 1.18. The summed E-state index contributed by atoms with van der Waals surface area (Å²) in [6.07, 6.45) is 1.43. The van der Waals surface area contributed by atoms with Crippen molar-refractivity contribution in [3.05, 3.63) is 65.9 Å². The highest BCUT2D eigenvalue weighted by molar-refractivity contribution is 7.98. The average Bonchev–Trinajstić information content (AvgIpc) is 3.50. The molecule has 0 unspecified atom stereocenters. The van der Waals surface area contributed by atoms with E-state index in [1.807, 2.05) is 54.3 Å². The van der Waals surface area contributed by atoms with Gasteiger partial charge in [-0.3, -0.25) is 4.79 Å². The molecule has 0 aliphatic carbocycles. The number of para-hydroxylation sites is 3. The zero-order valence-corrected chi connectivity index (χ0v) is 19.3. The number of anilines is 1. The topological polar surface area (TPSA) is 84.8 Å². The molecule has 9 heteroatoms. The molecule has 0 N–H and O–H groups in total. The van der Waals surface area contributed by atoms with Crippen molar-refractivity contribution in [1.29, 1.82) is 0 Å². The molecular weight excluding hydrogens is 440 g/mol. The Morgan fingerprint density at radius 1 is 1.09 bits per heavy atom. The van der Waals surface area contributed by atoms with E-state index >= 15 is 0 Å². The number of rotatable bonds is 6. The monoisotopic (exact) mass is 464 g/mol. The van der Waals surface area contributed by atoms with E-state index in [1.165, 1.54) is 18.0 Å². The van der Waals surface area contributed by atoms with E-state index in [4.69, 9.17) is 13.6 Å². The second kappa shape index (κ2) is 9.19. The first-order chi connectivity index (χ1) is 16.1. The number of thioether (sulfide) groups is 1. The third-order valence-electron chi connectivity index (χ3n) is 5.68. The minimum Gasteiger partial charge on any atom is -0.495 e. The molecule has 0 spiro atoms. The Bertz CT molecular complexity index is 1280. The van der Waals surface area contributed by atoms with E-state index in [0.717, 1.165) is 41.2 Å². The van der Waals surface area contributed by atoms with E-state index < -0.39 is 0 Å². The molecule has 1 aliphatic rings. The van der Waals surface area contributed by atoms with Gasteiger partial charge < -0.3 is 23.4 Å². The van der Waals surface area contributed by atoms with Crippen molar-refractivity contribution in [2.45, 2.75) is 17.9 Å². The number of carbonyl (C=O) groups is 1. The van der Waals surface area contributed by atoms with Crippen LogP contribution in [0.15, 0.2) is 62.8 Å². The maximum Gasteiger partial charge on any atom is 0.275 e. The van der Waals surface area contributed by atoms with Crippen LogP contribution in [0.4, 0.5) is 5.69 Å². The molecule has 4 aromatic rings. The molecule has 1 fully saturated rings. The van der Waals surface area contributed by atoms with Crippen LogP contribution in [0.5, 0.6) is 5.75 Å². The van der Waals surface area contributed by atoms with Gasteiger partial charge in [-0.1, -0.05) is 36.0 Å². The number of nitrogens with zero attached hydrogens (tertiary/aromatic N) is 4. The first-order valence-electron chi connectivity index (χ1n) is 10.7. The highest BCUT2D eigenvalue weighted by Crippen LogP contribution is 2.29. The number of hydrogen-bond donors (Lipinski definition) is 0. The number of carbonyl (C=O) groups excluding carboxylic acids is 1. The molecule has 2 aromatic carbocycles. The highest BCUT2D eigenvalue weighted by atomic mass is 32.2. The molecule has 0 bridgehead atoms. The minimum absolute atomic E-state index is 0.118. The van der Waals surface area contributed by atoms with Crippen LogP contribution in [-0.2, 0) is 5.75 Å². The van der Waals surface area contributed by atoms with Crippen LogP contribution in [0.25, 0.3) is 11.1 Å². The third-order valence-corrected chi connectivity index (χ3v) is 6.50. The van der Waals surface area contributed by atoms with Crippen molar-refractivity contribution >= 4 is 34.5 Å². The number of ether oxygens (including phenoxy) is 1. The number of benzene rings is 2. The van der Waals surface area contributed by atoms with Crippen molar-refractivity contribution in [2.24, 2.45) is 0 Å². The fourth-order valence-electron chi connectivity index (χ4n) is 3.93. The summed E-state index contributed by atoms with van der Waals surface area (Å²) in [4.78, 5) is 25.9. The molecule has 8 nitrogen and oxygen atoms in total. The molecular formula is C24H24N4O4S. The summed E-state index contributed by atoms with van der Waals surface area (Å²) in [6.45, 7) is 4.67. The lowest BCUT2D eigenvalue weighted by Gasteiger charge is -2.36. The lowest BCUT2D eigenvalue weighted by molar-refractivity contribution is 0.0740. The second-order valence-electron chi connectivity index (χ2n) is 7.77. The summed E-state index contributed by atoms with van der Waals surface area (Å²) < 4.78 is 16.8. The summed E-state index contributed by atoms with van der Waals surface area (Å²) in [5, 5.41) is 0.554. The van der Waals surface area contributed by atoms with Crippen molar-refractivity contribution in [3.8, 4) is 5.75 Å². The van der Waals surface area contributed by atoms with Gasteiger partial charge in [-0.25, -0.2) is 9.97 Å². The van der Waals surface area contributed by atoms with E-state index in [-0.39, 0.29) is 5.91 Å². The molecule has 3 heterocycles. The van der Waals surface area contributed by atoms with Gasteiger partial charge in [0.25, 0.3) is 11.1 Å². The van der Waals surface area contributed by atoms with Gasteiger partial charge in [0.1, 0.15) is 17.5 Å². The van der Waals surface area contributed by atoms with Crippen LogP contribution in [0.3, 0.4) is 0 Å². The number of fused-ring (bicyclic) bond motifs is 1. The average molecular weight is 465 g/mol. The van der Waals surface area contributed by atoms with Crippen LogP contribution in [0.2, 0.25) is 0 Å². The number of aryl methyl sites for hydroxylation is 1. The van der Waals surface area contributed by atoms with Gasteiger partial charge in [0.05, 0.1) is 18.6 Å². The van der Waals surface area contributed by atoms with E-state index in [0.29, 0.717) is 35.6 Å². The Hall–Kier alpha value is -3.46. The zero-order valence-electron chi connectivity index (χ0n) is 18.5. The number of oxazole rings is 2. The number of amides is 1. The van der Waals surface area contributed by atoms with Gasteiger partial charge in [-0.05, 0) is 30.7 Å². The maximum atomic E-state index is 12.9. The number of piperazine rings is 1. The molecule has 0 atom stereocenters. The molecule has 5 rings (SSSR count). The van der Waals surface area contributed by atoms with Crippen LogP contribution in [0, 0.1) is 6.92 Å². The molecule has 1 saturated heterocycles. The number of aromatic nitrogens is 2. The smallest absolute Gasteiger partial charge is 0.275 e. The van der Waals surface area contributed by atoms with Gasteiger partial charge in [-0.15, -0.1) is 0 Å². The summed E-state index contributed by atoms with van der Waals surface area (Å²) in [5.74, 6) is 1.62. The van der Waals surface area contributed by atoms with Crippen molar-refractivity contribution in [3.63, 3.8) is 0 Å². The van der Waals surface area contributed by atoms with Gasteiger partial charge in [0, 0.05) is 26.2 Å². The largest absolute Gasteiger partial charge is 0.495 e. The van der Waals surface area contributed by atoms with Crippen LogP contribution >= 0.6 is 11.8 Å². The van der Waals surface area contributed by atoms with Crippen LogP contribution < -0.4 is 9.64 Å². The zero-order chi connectivity index (χ0) is 22.8. The number of methoxy groups -OCH3 is 1. The molecule has 0 radical (unpaired) electrons. The molecule has 1 amide bonds. The van der Waals surface area contributed by atoms with E-state index in [1.54, 1.807) is 7.11 Å². The molecule has 2 aromatic heterocycles. The molecule has 170 valence electrons. The normalized spacial score (nSPS) is 14.1. The van der Waals surface area contributed by atoms with Gasteiger partial charge in [0.2, 0.25) is 5.89 Å². The molecule has 1 aliphatic heterocycles. The molecule has 0 saturated carbocycles. The Labute approximate surface area is 195 Å². The van der Waals surface area contributed by atoms with Gasteiger partial charge in [0.15, 0.2) is 11.3 Å².